The van der Waals surface area contributed by atoms with Crippen LogP contribution in [0.3, 0.4) is 0 Å². The lowest BCUT2D eigenvalue weighted by atomic mass is 10.1. The highest BCUT2D eigenvalue weighted by Crippen LogP contribution is 2.32. The molecule has 0 bridgehead atoms. The zero-order valence-corrected chi connectivity index (χ0v) is 9.98. The first-order valence-electron chi connectivity index (χ1n) is 6.51. The van der Waals surface area contributed by atoms with Gasteiger partial charge in [-0.2, -0.15) is 0 Å². The van der Waals surface area contributed by atoms with E-state index in [1.807, 2.05) is 12.3 Å². The number of carbonyl (C=O) groups excluding carboxylic acids is 1. The van der Waals surface area contributed by atoms with Crippen molar-refractivity contribution in [1.29, 1.82) is 0 Å². The number of hydrogen-bond donors (Lipinski definition) is 2. The van der Waals surface area contributed by atoms with Crippen molar-refractivity contribution in [3.63, 3.8) is 0 Å². The predicted octanol–water partition coefficient (Wildman–Crippen LogP) is 1.29. The fourth-order valence-electron chi connectivity index (χ4n) is 3.01. The van der Waals surface area contributed by atoms with Crippen LogP contribution in [0.5, 0.6) is 0 Å². The number of carbonyl (C=O) groups is 1. The third kappa shape index (κ3) is 1.97. The predicted molar refractivity (Wildman–Crippen MR) is 65.5 cm³/mol. The molecule has 92 valence electrons. The van der Waals surface area contributed by atoms with Gasteiger partial charge in [0, 0.05) is 25.0 Å². The van der Waals surface area contributed by atoms with Crippen LogP contribution in [0.25, 0.3) is 0 Å². The average Bonchev–Trinajstić information content (AvgIpc) is 3.09. The molecule has 2 aliphatic heterocycles. The maximum atomic E-state index is 12.4. The van der Waals surface area contributed by atoms with E-state index in [0.717, 1.165) is 38.9 Å². The summed E-state index contributed by atoms with van der Waals surface area (Å²) in [6, 6.07) is 4.37. The molecule has 0 aromatic carbocycles. The molecular weight excluding hydrogens is 214 g/mol. The van der Waals surface area contributed by atoms with Gasteiger partial charge >= 0.3 is 0 Å². The molecule has 0 saturated carbocycles. The van der Waals surface area contributed by atoms with Crippen molar-refractivity contribution in [1.82, 2.24) is 15.2 Å². The van der Waals surface area contributed by atoms with Crippen LogP contribution in [0.15, 0.2) is 18.3 Å². The molecule has 1 amide bonds. The molecular formula is C13H19N3O. The van der Waals surface area contributed by atoms with E-state index in [1.54, 1.807) is 0 Å². The van der Waals surface area contributed by atoms with Gasteiger partial charge in [-0.05, 0) is 37.9 Å². The Morgan fingerprint density at radius 1 is 1.41 bits per heavy atom. The molecule has 1 aromatic rings. The van der Waals surface area contributed by atoms with Crippen LogP contribution >= 0.6 is 0 Å². The van der Waals surface area contributed by atoms with E-state index in [1.165, 1.54) is 5.69 Å². The van der Waals surface area contributed by atoms with Crippen molar-refractivity contribution in [3.05, 3.63) is 24.0 Å². The average molecular weight is 233 g/mol. The van der Waals surface area contributed by atoms with E-state index >= 15 is 0 Å². The summed E-state index contributed by atoms with van der Waals surface area (Å²) < 4.78 is 0. The summed E-state index contributed by atoms with van der Waals surface area (Å²) >= 11 is 0. The minimum absolute atomic E-state index is 0.200. The smallest absolute Gasteiger partial charge is 0.227 e. The van der Waals surface area contributed by atoms with Gasteiger partial charge in [0.25, 0.3) is 0 Å². The normalized spacial score (nSPS) is 28.8. The second-order valence-electron chi connectivity index (χ2n) is 5.00. The molecule has 4 heteroatoms. The van der Waals surface area contributed by atoms with Gasteiger partial charge in [0.05, 0.1) is 12.0 Å². The van der Waals surface area contributed by atoms with Crippen LogP contribution in [-0.2, 0) is 4.79 Å². The summed E-state index contributed by atoms with van der Waals surface area (Å²) in [5.41, 5.74) is 1.18. The van der Waals surface area contributed by atoms with Crippen molar-refractivity contribution < 1.29 is 4.79 Å². The van der Waals surface area contributed by atoms with Gasteiger partial charge < -0.3 is 15.2 Å². The van der Waals surface area contributed by atoms with Gasteiger partial charge in [0.2, 0.25) is 5.91 Å². The summed E-state index contributed by atoms with van der Waals surface area (Å²) in [6.45, 7) is 2.75. The molecule has 3 rings (SSSR count). The second kappa shape index (κ2) is 4.53. The maximum Gasteiger partial charge on any atom is 0.227 e. The Morgan fingerprint density at radius 2 is 2.35 bits per heavy atom. The summed E-state index contributed by atoms with van der Waals surface area (Å²) in [7, 11) is 0. The molecule has 2 unspecified atom stereocenters. The number of aromatic nitrogens is 1. The van der Waals surface area contributed by atoms with Crippen molar-refractivity contribution in [2.75, 3.05) is 19.6 Å². The molecule has 2 N–H and O–H groups in total. The summed E-state index contributed by atoms with van der Waals surface area (Å²) in [6.07, 6.45) is 5.14. The summed E-state index contributed by atoms with van der Waals surface area (Å²) in [5, 5.41) is 3.27. The van der Waals surface area contributed by atoms with Crippen molar-refractivity contribution in [3.8, 4) is 0 Å². The first-order valence-corrected chi connectivity index (χ1v) is 6.51. The fourth-order valence-corrected chi connectivity index (χ4v) is 3.01. The van der Waals surface area contributed by atoms with Crippen LogP contribution in [-0.4, -0.2) is 35.4 Å². The van der Waals surface area contributed by atoms with E-state index in [4.69, 9.17) is 0 Å². The highest BCUT2D eigenvalue weighted by Gasteiger charge is 2.35. The Morgan fingerprint density at radius 3 is 3.06 bits per heavy atom. The Balaban J connectivity index is 1.75. The Kier molecular flexibility index (Phi) is 2.89. The molecule has 1 aromatic heterocycles. The third-order valence-electron chi connectivity index (χ3n) is 3.93. The number of nitrogens with one attached hydrogen (secondary N) is 2. The maximum absolute atomic E-state index is 12.4. The first kappa shape index (κ1) is 10.8. The SMILES string of the molecule is O=C(C1CCNC1)N1CCCC1c1ccc[nH]1. The Bertz CT molecular complexity index is 381. The number of aromatic amines is 1. The van der Waals surface area contributed by atoms with Gasteiger partial charge in [-0.1, -0.05) is 0 Å². The number of hydrogen-bond acceptors (Lipinski definition) is 2. The molecule has 2 saturated heterocycles. The van der Waals surface area contributed by atoms with Crippen LogP contribution in [0.1, 0.15) is 31.0 Å². The van der Waals surface area contributed by atoms with E-state index in [9.17, 15) is 4.79 Å². The van der Waals surface area contributed by atoms with Gasteiger partial charge in [0.15, 0.2) is 0 Å². The van der Waals surface area contributed by atoms with E-state index in [-0.39, 0.29) is 12.0 Å². The molecule has 0 radical (unpaired) electrons. The van der Waals surface area contributed by atoms with Crippen molar-refractivity contribution in [2.45, 2.75) is 25.3 Å². The lowest BCUT2D eigenvalue weighted by molar-refractivity contribution is -0.135. The quantitative estimate of drug-likeness (QED) is 0.808. The largest absolute Gasteiger partial charge is 0.363 e. The standard InChI is InChI=1S/C13H19N3O/c17-13(10-5-7-14-9-10)16-8-2-4-12(16)11-3-1-6-15-11/h1,3,6,10,12,14-15H,2,4-5,7-9H2. The lowest BCUT2D eigenvalue weighted by Gasteiger charge is -2.26. The summed E-state index contributed by atoms with van der Waals surface area (Å²) in [5.74, 6) is 0.540. The van der Waals surface area contributed by atoms with Crippen molar-refractivity contribution >= 4 is 5.91 Å². The van der Waals surface area contributed by atoms with Gasteiger partial charge in [-0.15, -0.1) is 0 Å². The lowest BCUT2D eigenvalue weighted by Crippen LogP contribution is -2.36. The molecule has 0 spiro atoms. The van der Waals surface area contributed by atoms with E-state index in [0.29, 0.717) is 5.91 Å². The molecule has 3 heterocycles. The van der Waals surface area contributed by atoms with Crippen LogP contribution < -0.4 is 5.32 Å². The third-order valence-corrected chi connectivity index (χ3v) is 3.93. The molecule has 17 heavy (non-hydrogen) atoms. The zero-order valence-electron chi connectivity index (χ0n) is 9.98. The van der Waals surface area contributed by atoms with Crippen LogP contribution in [0.2, 0.25) is 0 Å². The topological polar surface area (TPSA) is 48.1 Å². The molecule has 2 aliphatic rings. The van der Waals surface area contributed by atoms with Crippen LogP contribution in [0.4, 0.5) is 0 Å². The Labute approximate surface area is 101 Å². The highest BCUT2D eigenvalue weighted by molar-refractivity contribution is 5.80. The van der Waals surface area contributed by atoms with Gasteiger partial charge in [-0.25, -0.2) is 0 Å². The number of amides is 1. The van der Waals surface area contributed by atoms with Crippen molar-refractivity contribution in [2.24, 2.45) is 5.92 Å². The van der Waals surface area contributed by atoms with E-state index in [2.05, 4.69) is 21.3 Å². The molecule has 0 aliphatic carbocycles. The number of rotatable bonds is 2. The molecule has 2 fully saturated rings. The summed E-state index contributed by atoms with van der Waals surface area (Å²) in [4.78, 5) is 17.7. The fraction of sp³-hybridized carbons (Fsp3) is 0.615. The number of likely N-dealkylation sites (tertiary alicyclic amines) is 1. The monoisotopic (exact) mass is 233 g/mol. The zero-order chi connectivity index (χ0) is 11.7. The van der Waals surface area contributed by atoms with E-state index < -0.39 is 0 Å². The number of H-pyrrole nitrogens is 1. The second-order valence-corrected chi connectivity index (χ2v) is 5.00. The minimum Gasteiger partial charge on any atom is -0.363 e. The first-order chi connectivity index (χ1) is 8.36. The van der Waals surface area contributed by atoms with Gasteiger partial charge in [0.1, 0.15) is 0 Å². The van der Waals surface area contributed by atoms with Crippen LogP contribution in [0, 0.1) is 5.92 Å². The molecule has 2 atom stereocenters. The van der Waals surface area contributed by atoms with Gasteiger partial charge in [-0.3, -0.25) is 4.79 Å². The number of nitrogens with zero attached hydrogens (tertiary/aromatic N) is 1. The minimum atomic E-state index is 0.200. The molecule has 4 nitrogen and oxygen atoms in total. The highest BCUT2D eigenvalue weighted by atomic mass is 16.2. The Hall–Kier alpha value is -1.29.